The summed E-state index contributed by atoms with van der Waals surface area (Å²) in [6.45, 7) is 0. The van der Waals surface area contributed by atoms with E-state index in [9.17, 15) is 9.59 Å². The number of carbonyl (C=O) groups excluding carboxylic acids is 2. The van der Waals surface area contributed by atoms with Gasteiger partial charge in [-0.25, -0.2) is 9.97 Å². The third-order valence-corrected chi connectivity index (χ3v) is 5.11. The van der Waals surface area contributed by atoms with Crippen LogP contribution in [0.1, 0.15) is 15.9 Å². The Hall–Kier alpha value is -4.52. The first-order valence-electron chi connectivity index (χ1n) is 10.1. The number of amides is 2. The van der Waals surface area contributed by atoms with Crippen LogP contribution in [0.25, 0.3) is 11.3 Å². The van der Waals surface area contributed by atoms with E-state index in [2.05, 4.69) is 25.9 Å². The highest BCUT2D eigenvalue weighted by Gasteiger charge is 2.20. The monoisotopic (exact) mass is 421 g/mol. The second-order valence-corrected chi connectivity index (χ2v) is 7.36. The maximum Gasteiger partial charge on any atom is 0.255 e. The van der Waals surface area contributed by atoms with Crippen LogP contribution < -0.4 is 16.0 Å². The van der Waals surface area contributed by atoms with Gasteiger partial charge in [-0.1, -0.05) is 36.4 Å². The average molecular weight is 421 g/mol. The predicted molar refractivity (Wildman–Crippen MR) is 124 cm³/mol. The van der Waals surface area contributed by atoms with Crippen LogP contribution in [0.5, 0.6) is 0 Å². The highest BCUT2D eigenvalue weighted by molar-refractivity contribution is 6.04. The average Bonchev–Trinajstić information content (AvgIpc) is 2.95. The zero-order valence-corrected chi connectivity index (χ0v) is 17.0. The standard InChI is InChI=1S/C25H19N5O2/c31-22-14-17-15-26-25(30-23(17)20-8-4-5-9-21(20)29-22)28-19-12-10-16(11-13-19)24(32)27-18-6-2-1-3-7-18/h1-13,15H,14H2,(H,27,32)(H,29,31)(H,26,28,30). The number of para-hydroxylation sites is 2. The molecule has 1 aliphatic heterocycles. The topological polar surface area (TPSA) is 96.0 Å². The minimum atomic E-state index is -0.183. The molecule has 0 aliphatic carbocycles. The van der Waals surface area contributed by atoms with Crippen LogP contribution in [-0.4, -0.2) is 21.8 Å². The summed E-state index contributed by atoms with van der Waals surface area (Å²) in [4.78, 5) is 33.6. The van der Waals surface area contributed by atoms with Crippen LogP contribution in [0.15, 0.2) is 85.1 Å². The van der Waals surface area contributed by atoms with Crippen molar-refractivity contribution >= 4 is 34.8 Å². The Balaban J connectivity index is 1.36. The van der Waals surface area contributed by atoms with E-state index >= 15 is 0 Å². The van der Waals surface area contributed by atoms with Crippen molar-refractivity contribution in [2.45, 2.75) is 6.42 Å². The molecular formula is C25H19N5O2. The van der Waals surface area contributed by atoms with Crippen molar-refractivity contribution in [3.05, 3.63) is 96.2 Å². The normalized spacial score (nSPS) is 12.1. The molecule has 156 valence electrons. The van der Waals surface area contributed by atoms with Crippen molar-refractivity contribution in [3.63, 3.8) is 0 Å². The fourth-order valence-corrected chi connectivity index (χ4v) is 3.55. The lowest BCUT2D eigenvalue weighted by atomic mass is 10.1. The first kappa shape index (κ1) is 19.4. The number of carbonyl (C=O) groups is 2. The van der Waals surface area contributed by atoms with Gasteiger partial charge >= 0.3 is 0 Å². The van der Waals surface area contributed by atoms with Gasteiger partial charge in [-0.05, 0) is 42.5 Å². The molecule has 0 atom stereocenters. The molecule has 3 N–H and O–H groups in total. The molecule has 1 aliphatic rings. The summed E-state index contributed by atoms with van der Waals surface area (Å²) in [7, 11) is 0. The number of hydrogen-bond acceptors (Lipinski definition) is 5. The Morgan fingerprint density at radius 3 is 2.44 bits per heavy atom. The Kier molecular flexibility index (Phi) is 5.05. The predicted octanol–water partition coefficient (Wildman–Crippen LogP) is 4.63. The Labute approximate surface area is 184 Å². The quantitative estimate of drug-likeness (QED) is 0.446. The maximum absolute atomic E-state index is 12.4. The molecule has 2 heterocycles. The number of hydrogen-bond donors (Lipinski definition) is 3. The fraction of sp³-hybridized carbons (Fsp3) is 0.0400. The number of fused-ring (bicyclic) bond motifs is 3. The second-order valence-electron chi connectivity index (χ2n) is 7.36. The van der Waals surface area contributed by atoms with E-state index in [4.69, 9.17) is 0 Å². The molecule has 4 aromatic rings. The van der Waals surface area contributed by atoms with E-state index < -0.39 is 0 Å². The van der Waals surface area contributed by atoms with Gasteiger partial charge < -0.3 is 16.0 Å². The Bertz CT molecular complexity index is 1300. The van der Waals surface area contributed by atoms with Crippen LogP contribution >= 0.6 is 0 Å². The Morgan fingerprint density at radius 2 is 1.62 bits per heavy atom. The number of benzene rings is 3. The van der Waals surface area contributed by atoms with Gasteiger partial charge in [0, 0.05) is 34.3 Å². The minimum Gasteiger partial charge on any atom is -0.325 e. The first-order chi connectivity index (χ1) is 15.7. The highest BCUT2D eigenvalue weighted by atomic mass is 16.2. The van der Waals surface area contributed by atoms with E-state index in [1.807, 2.05) is 54.6 Å². The molecular weight excluding hydrogens is 402 g/mol. The third-order valence-electron chi connectivity index (χ3n) is 5.11. The van der Waals surface area contributed by atoms with E-state index in [1.165, 1.54) is 0 Å². The number of nitrogens with one attached hydrogen (secondary N) is 3. The van der Waals surface area contributed by atoms with Crippen molar-refractivity contribution in [2.75, 3.05) is 16.0 Å². The lowest BCUT2D eigenvalue weighted by Gasteiger charge is -2.11. The van der Waals surface area contributed by atoms with Crippen molar-refractivity contribution in [1.29, 1.82) is 0 Å². The molecule has 5 rings (SSSR count). The molecule has 0 fully saturated rings. The van der Waals surface area contributed by atoms with E-state index in [-0.39, 0.29) is 18.2 Å². The van der Waals surface area contributed by atoms with Crippen LogP contribution in [-0.2, 0) is 11.2 Å². The van der Waals surface area contributed by atoms with Gasteiger partial charge in [-0.3, -0.25) is 9.59 Å². The third kappa shape index (κ3) is 4.04. The van der Waals surface area contributed by atoms with Gasteiger partial charge in [0.05, 0.1) is 17.8 Å². The summed E-state index contributed by atoms with van der Waals surface area (Å²) in [5.74, 6) is 0.136. The maximum atomic E-state index is 12.4. The zero-order valence-electron chi connectivity index (χ0n) is 17.0. The highest BCUT2D eigenvalue weighted by Crippen LogP contribution is 2.32. The summed E-state index contributed by atoms with van der Waals surface area (Å²) in [6, 6.07) is 24.0. The van der Waals surface area contributed by atoms with Gasteiger partial charge in [-0.2, -0.15) is 0 Å². The van der Waals surface area contributed by atoms with Gasteiger partial charge in [0.25, 0.3) is 5.91 Å². The van der Waals surface area contributed by atoms with Crippen molar-refractivity contribution < 1.29 is 9.59 Å². The molecule has 0 radical (unpaired) electrons. The molecule has 3 aromatic carbocycles. The van der Waals surface area contributed by atoms with Crippen LogP contribution in [0.3, 0.4) is 0 Å². The van der Waals surface area contributed by atoms with Gasteiger partial charge in [0.1, 0.15) is 0 Å². The summed E-state index contributed by atoms with van der Waals surface area (Å²) < 4.78 is 0. The lowest BCUT2D eigenvalue weighted by Crippen LogP contribution is -2.12. The van der Waals surface area contributed by atoms with Gasteiger partial charge in [0.15, 0.2) is 0 Å². The molecule has 0 saturated heterocycles. The fourth-order valence-electron chi connectivity index (χ4n) is 3.55. The molecule has 7 nitrogen and oxygen atoms in total. The van der Waals surface area contributed by atoms with Crippen LogP contribution in [0.2, 0.25) is 0 Å². The van der Waals surface area contributed by atoms with E-state index in [1.54, 1.807) is 30.5 Å². The molecule has 2 amide bonds. The SMILES string of the molecule is O=C1Cc2cnc(Nc3ccc(C(=O)Nc4ccccc4)cc3)nc2-c2ccccc2N1. The molecule has 0 bridgehead atoms. The molecule has 32 heavy (non-hydrogen) atoms. The van der Waals surface area contributed by atoms with Crippen molar-refractivity contribution in [3.8, 4) is 11.3 Å². The van der Waals surface area contributed by atoms with Crippen LogP contribution in [0, 0.1) is 0 Å². The van der Waals surface area contributed by atoms with Crippen LogP contribution in [0.4, 0.5) is 23.0 Å². The van der Waals surface area contributed by atoms with E-state index in [0.717, 1.165) is 33.9 Å². The van der Waals surface area contributed by atoms with E-state index in [0.29, 0.717) is 11.5 Å². The van der Waals surface area contributed by atoms with Crippen molar-refractivity contribution in [2.24, 2.45) is 0 Å². The smallest absolute Gasteiger partial charge is 0.255 e. The summed E-state index contributed by atoms with van der Waals surface area (Å²) in [5, 5.41) is 8.94. The second kappa shape index (κ2) is 8.31. The number of rotatable bonds is 4. The minimum absolute atomic E-state index is 0.0927. The number of nitrogens with zero attached hydrogens (tertiary/aromatic N) is 2. The first-order valence-corrected chi connectivity index (χ1v) is 10.1. The lowest BCUT2D eigenvalue weighted by molar-refractivity contribution is -0.115. The van der Waals surface area contributed by atoms with Gasteiger partial charge in [0.2, 0.25) is 11.9 Å². The summed E-state index contributed by atoms with van der Waals surface area (Å²) in [5.41, 5.74) is 5.10. The largest absolute Gasteiger partial charge is 0.325 e. The number of anilines is 4. The molecule has 0 saturated carbocycles. The number of aromatic nitrogens is 2. The summed E-state index contributed by atoms with van der Waals surface area (Å²) in [6.07, 6.45) is 1.89. The Morgan fingerprint density at radius 1 is 0.875 bits per heavy atom. The zero-order chi connectivity index (χ0) is 21.9. The molecule has 0 spiro atoms. The molecule has 1 aromatic heterocycles. The molecule has 7 heteroatoms. The van der Waals surface area contributed by atoms with Gasteiger partial charge in [-0.15, -0.1) is 0 Å². The molecule has 0 unspecified atom stereocenters. The summed E-state index contributed by atoms with van der Waals surface area (Å²) >= 11 is 0. The van der Waals surface area contributed by atoms with Crippen molar-refractivity contribution in [1.82, 2.24) is 9.97 Å².